The first-order valence-corrected chi connectivity index (χ1v) is 20.3. The Bertz CT molecular complexity index is 2160. The summed E-state index contributed by atoms with van der Waals surface area (Å²) in [7, 11) is 2.73. The lowest BCUT2D eigenvalue weighted by Crippen LogP contribution is -2.61. The maximum atomic E-state index is 15.2. The Balaban J connectivity index is 1.44. The Morgan fingerprint density at radius 2 is 0.891 bits per heavy atom. The number of halogens is 16. The van der Waals surface area contributed by atoms with Gasteiger partial charge in [-0.05, 0) is 24.3 Å². The number of methoxy groups -OCH3 is 2. The molecule has 4 heterocycles. The molecule has 2 aromatic carbocycles. The number of ether oxygens (including phenoxy) is 2. The van der Waals surface area contributed by atoms with Crippen molar-refractivity contribution in [1.29, 1.82) is 0 Å². The molecule has 0 bridgehead atoms. The maximum Gasteiger partial charge on any atom is 0.436 e. The largest absolute Gasteiger partial charge is 0.495 e. The Morgan fingerprint density at radius 3 is 1.17 bits per heavy atom. The third-order valence-corrected chi connectivity index (χ3v) is 12.1. The molecule has 0 saturated carbocycles. The molecule has 0 N–H and O–H groups in total. The molecule has 2 atom stereocenters. The minimum absolute atomic E-state index is 0.0319. The second-order valence-corrected chi connectivity index (χ2v) is 16.1. The van der Waals surface area contributed by atoms with Gasteiger partial charge in [0, 0.05) is 75.9 Å². The van der Waals surface area contributed by atoms with E-state index in [1.807, 2.05) is 0 Å². The number of aromatic nitrogens is 4. The van der Waals surface area contributed by atoms with Gasteiger partial charge in [0.1, 0.15) is 21.5 Å². The fraction of sp³-hybridized carbons (Fsp3) is 0.486. The van der Waals surface area contributed by atoms with Gasteiger partial charge in [-0.1, -0.05) is 46.4 Å². The van der Waals surface area contributed by atoms with Crippen molar-refractivity contribution < 1.29 is 67.0 Å². The van der Waals surface area contributed by atoms with Crippen molar-refractivity contribution in [2.75, 3.05) is 76.4 Å². The van der Waals surface area contributed by atoms with Gasteiger partial charge in [-0.15, -0.1) is 0 Å². The van der Waals surface area contributed by atoms with Gasteiger partial charge in [0.2, 0.25) is 0 Å². The van der Waals surface area contributed by atoms with E-state index >= 15 is 4.79 Å². The highest BCUT2D eigenvalue weighted by atomic mass is 35.5. The number of piperazine rings is 2. The molecule has 2 aromatic heterocycles. The van der Waals surface area contributed by atoms with Crippen molar-refractivity contribution in [3.63, 3.8) is 0 Å². The fourth-order valence-corrected chi connectivity index (χ4v) is 8.73. The summed E-state index contributed by atoms with van der Waals surface area (Å²) in [6.45, 7) is -3.14. The first kappa shape index (κ1) is 49.4. The number of alkyl halides is 12. The van der Waals surface area contributed by atoms with Crippen LogP contribution in [0.2, 0.25) is 20.1 Å². The molecule has 6 rings (SSSR count). The summed E-state index contributed by atoms with van der Waals surface area (Å²) in [5, 5.41) is 3.17. The average molecular weight is 1010 g/mol. The predicted molar refractivity (Wildman–Crippen MR) is 211 cm³/mol. The van der Waals surface area contributed by atoms with Gasteiger partial charge in [0.05, 0.1) is 49.4 Å². The van der Waals surface area contributed by atoms with Crippen molar-refractivity contribution in [3.8, 4) is 11.5 Å². The molecule has 4 aromatic rings. The van der Waals surface area contributed by atoms with E-state index in [4.69, 9.17) is 55.9 Å². The zero-order valence-corrected chi connectivity index (χ0v) is 36.1. The SMILES string of the molecule is COc1cc(N2CCN(C(Cn3nc(C(F)(F)F)c(Cl)c3C(F)(F)F)C(=O)C(Cn3nc(C(F)(F)F)c(Cl)c3C(F)(F)F)N3CCN(c4ccc(Cl)c(OC)c4)CC3)CC2)ccc1Cl. The molecule has 11 nitrogen and oxygen atoms in total. The van der Waals surface area contributed by atoms with E-state index in [9.17, 15) is 52.7 Å². The number of carbonyl (C=O) groups is 1. The molecule has 2 aliphatic heterocycles. The van der Waals surface area contributed by atoms with E-state index < -0.39 is 88.5 Å². The summed E-state index contributed by atoms with van der Waals surface area (Å²) in [6.07, 6.45) is -22.2. The molecule has 2 fully saturated rings. The molecule has 64 heavy (non-hydrogen) atoms. The molecular formula is C37H34Cl4F12N8O3. The summed E-state index contributed by atoms with van der Waals surface area (Å²) in [5.41, 5.74) is -7.27. The number of ketones is 1. The molecule has 0 amide bonds. The monoisotopic (exact) mass is 1010 g/mol. The molecule has 0 radical (unpaired) electrons. The quantitative estimate of drug-likeness (QED) is 0.129. The second kappa shape index (κ2) is 18.7. The van der Waals surface area contributed by atoms with Crippen LogP contribution in [-0.4, -0.2) is 114 Å². The summed E-state index contributed by atoms with van der Waals surface area (Å²) in [6, 6.07) is 5.65. The van der Waals surface area contributed by atoms with Crippen LogP contribution in [0.5, 0.6) is 11.5 Å². The third kappa shape index (κ3) is 10.5. The highest BCUT2D eigenvalue weighted by Crippen LogP contribution is 2.44. The smallest absolute Gasteiger partial charge is 0.436 e. The summed E-state index contributed by atoms with van der Waals surface area (Å²) in [5.74, 6) is -0.604. The Morgan fingerprint density at radius 1 is 0.562 bits per heavy atom. The van der Waals surface area contributed by atoms with E-state index in [1.54, 1.807) is 34.1 Å². The lowest BCUT2D eigenvalue weighted by molar-refractivity contribution is -0.146. The minimum Gasteiger partial charge on any atom is -0.495 e. The fourth-order valence-electron chi connectivity index (χ4n) is 7.64. The number of hydrogen-bond acceptors (Lipinski definition) is 9. The number of Topliss-reactive ketones (excluding diaryl/α,β-unsaturated/α-hetero) is 1. The van der Waals surface area contributed by atoms with Gasteiger partial charge >= 0.3 is 24.7 Å². The van der Waals surface area contributed by atoms with Crippen LogP contribution in [0.25, 0.3) is 0 Å². The minimum atomic E-state index is -5.57. The average Bonchev–Trinajstić information content (AvgIpc) is 3.75. The van der Waals surface area contributed by atoms with Crippen molar-refractivity contribution >= 4 is 63.6 Å². The Hall–Kier alpha value is -4.03. The molecule has 0 spiro atoms. The normalized spacial score (nSPS) is 17.2. The van der Waals surface area contributed by atoms with Crippen molar-refractivity contribution in [2.24, 2.45) is 0 Å². The van der Waals surface area contributed by atoms with Crippen LogP contribution in [-0.2, 0) is 42.6 Å². The second-order valence-electron chi connectivity index (χ2n) is 14.5. The standard InChI is InChI=1S/C37H34Cl4F12N8O3/c1-63-25-15-19(3-5-21(25)38)56-7-11-58(12-8-56)23(17-60-32(36(48,49)50)27(40)30(54-60)34(42,43)44)29(62)24(18-61-33(37(51,52)53)28(41)31(55-61)35(45,46)47)59-13-9-57(10-14-59)20-4-6-22(39)26(16-20)64-2/h3-6,15-16,23-24H,7-14,17-18H2,1-2H3. The van der Waals surface area contributed by atoms with E-state index in [0.717, 1.165) is 0 Å². The molecule has 352 valence electrons. The molecule has 27 heteroatoms. The van der Waals surface area contributed by atoms with Gasteiger partial charge in [0.15, 0.2) is 28.6 Å². The van der Waals surface area contributed by atoms with Gasteiger partial charge in [0.25, 0.3) is 0 Å². The predicted octanol–water partition coefficient (Wildman–Crippen LogP) is 9.44. The number of benzene rings is 2. The number of rotatable bonds is 12. The first-order valence-electron chi connectivity index (χ1n) is 18.7. The Labute approximate surface area is 375 Å². The van der Waals surface area contributed by atoms with Crippen LogP contribution in [0.1, 0.15) is 22.8 Å². The Kier molecular flexibility index (Phi) is 14.4. The van der Waals surface area contributed by atoms with Crippen LogP contribution in [0.4, 0.5) is 64.1 Å². The molecular weight excluding hydrogens is 974 g/mol. The molecule has 0 aliphatic carbocycles. The van der Waals surface area contributed by atoms with Crippen LogP contribution < -0.4 is 19.3 Å². The van der Waals surface area contributed by atoms with Crippen molar-refractivity contribution in [3.05, 3.63) is 79.3 Å². The van der Waals surface area contributed by atoms with Gasteiger partial charge in [-0.3, -0.25) is 24.0 Å². The topological polar surface area (TPSA) is 84.1 Å². The zero-order chi connectivity index (χ0) is 47.3. The summed E-state index contributed by atoms with van der Waals surface area (Å²) >= 11 is 23.7. The maximum absolute atomic E-state index is 15.2. The molecule has 2 unspecified atom stereocenters. The number of nitrogens with zero attached hydrogens (tertiary/aromatic N) is 8. The van der Waals surface area contributed by atoms with Crippen molar-refractivity contribution in [1.82, 2.24) is 29.4 Å². The lowest BCUT2D eigenvalue weighted by atomic mass is 9.99. The summed E-state index contributed by atoms with van der Waals surface area (Å²) in [4.78, 5) is 21.3. The van der Waals surface area contributed by atoms with Crippen LogP contribution in [0, 0.1) is 0 Å². The molecule has 2 saturated heterocycles. The van der Waals surface area contributed by atoms with Gasteiger partial charge < -0.3 is 19.3 Å². The number of hydrogen-bond donors (Lipinski definition) is 0. The lowest BCUT2D eigenvalue weighted by Gasteiger charge is -2.44. The van der Waals surface area contributed by atoms with Crippen LogP contribution >= 0.6 is 46.4 Å². The van der Waals surface area contributed by atoms with Gasteiger partial charge in [-0.2, -0.15) is 62.9 Å². The molecule has 2 aliphatic rings. The number of anilines is 2. The van der Waals surface area contributed by atoms with Crippen LogP contribution in [0.15, 0.2) is 36.4 Å². The third-order valence-electron chi connectivity index (χ3n) is 10.7. The highest BCUT2D eigenvalue weighted by Gasteiger charge is 2.50. The summed E-state index contributed by atoms with van der Waals surface area (Å²) < 4.78 is 181. The highest BCUT2D eigenvalue weighted by molar-refractivity contribution is 6.33. The van der Waals surface area contributed by atoms with E-state index in [0.29, 0.717) is 11.4 Å². The van der Waals surface area contributed by atoms with E-state index in [2.05, 4.69) is 10.2 Å². The van der Waals surface area contributed by atoms with E-state index in [1.165, 1.54) is 36.2 Å². The first-order chi connectivity index (χ1) is 29.7. The zero-order valence-electron chi connectivity index (χ0n) is 33.0. The number of carbonyl (C=O) groups excluding carboxylic acids is 1. The van der Waals surface area contributed by atoms with E-state index in [-0.39, 0.29) is 83.3 Å². The van der Waals surface area contributed by atoms with Gasteiger partial charge in [-0.25, -0.2) is 0 Å². The van der Waals surface area contributed by atoms with Crippen LogP contribution in [0.3, 0.4) is 0 Å². The van der Waals surface area contributed by atoms with Crippen molar-refractivity contribution in [2.45, 2.75) is 49.9 Å².